The second-order valence-electron chi connectivity index (χ2n) is 5.89. The van der Waals surface area contributed by atoms with Crippen molar-refractivity contribution in [3.63, 3.8) is 0 Å². The number of nitrogens with one attached hydrogen (secondary N) is 1. The van der Waals surface area contributed by atoms with Crippen molar-refractivity contribution >= 4 is 11.6 Å². The molecule has 1 atom stereocenters. The predicted octanol–water partition coefficient (Wildman–Crippen LogP) is 1.61. The summed E-state index contributed by atoms with van der Waals surface area (Å²) in [5, 5.41) is 7.11. The molecule has 1 aliphatic rings. The summed E-state index contributed by atoms with van der Waals surface area (Å²) in [7, 11) is 1.63. The number of H-pyrrole nitrogens is 1. The van der Waals surface area contributed by atoms with Gasteiger partial charge in [-0.3, -0.25) is 14.8 Å². The van der Waals surface area contributed by atoms with Crippen molar-refractivity contribution in [2.24, 2.45) is 0 Å². The molecule has 0 radical (unpaired) electrons. The third kappa shape index (κ3) is 3.26. The maximum Gasteiger partial charge on any atom is 0.244 e. The van der Waals surface area contributed by atoms with Gasteiger partial charge in [0.2, 0.25) is 5.91 Å². The Balaban J connectivity index is 1.70. The van der Waals surface area contributed by atoms with Crippen molar-refractivity contribution in [2.75, 3.05) is 25.1 Å². The van der Waals surface area contributed by atoms with Crippen LogP contribution in [0, 0.1) is 0 Å². The third-order valence-electron chi connectivity index (χ3n) is 4.39. The maximum atomic E-state index is 12.8. The largest absolute Gasteiger partial charge is 0.497 e. The number of hydrogen-bond acceptors (Lipinski definition) is 5. The van der Waals surface area contributed by atoms with E-state index in [2.05, 4.69) is 20.1 Å². The highest BCUT2D eigenvalue weighted by Crippen LogP contribution is 2.24. The lowest BCUT2D eigenvalue weighted by Gasteiger charge is -2.38. The average molecular weight is 329 g/mol. The van der Waals surface area contributed by atoms with Gasteiger partial charge in [-0.05, 0) is 19.1 Å². The smallest absolute Gasteiger partial charge is 0.244 e. The number of aryl methyl sites for hydroxylation is 1. The van der Waals surface area contributed by atoms with Crippen LogP contribution < -0.4 is 9.64 Å². The average Bonchev–Trinajstić information content (AvgIpc) is 3.07. The van der Waals surface area contributed by atoms with E-state index in [9.17, 15) is 4.79 Å². The predicted molar refractivity (Wildman–Crippen MR) is 91.0 cm³/mol. The minimum absolute atomic E-state index is 0.0877. The summed E-state index contributed by atoms with van der Waals surface area (Å²) in [5.74, 6) is 2.45. The number of rotatable bonds is 5. The van der Waals surface area contributed by atoms with Crippen LogP contribution >= 0.6 is 0 Å². The lowest BCUT2D eigenvalue weighted by Crippen LogP contribution is -2.55. The van der Waals surface area contributed by atoms with Gasteiger partial charge in [-0.1, -0.05) is 13.0 Å². The Morgan fingerprint density at radius 2 is 2.21 bits per heavy atom. The highest BCUT2D eigenvalue weighted by molar-refractivity contribution is 5.97. The van der Waals surface area contributed by atoms with Crippen molar-refractivity contribution in [3.8, 4) is 5.75 Å². The van der Waals surface area contributed by atoms with Gasteiger partial charge in [0.1, 0.15) is 17.4 Å². The van der Waals surface area contributed by atoms with Crippen molar-refractivity contribution in [3.05, 3.63) is 35.9 Å². The summed E-state index contributed by atoms with van der Waals surface area (Å²) >= 11 is 0. The number of piperazine rings is 1. The first-order valence-corrected chi connectivity index (χ1v) is 8.22. The van der Waals surface area contributed by atoms with Crippen LogP contribution in [-0.4, -0.2) is 52.2 Å². The van der Waals surface area contributed by atoms with Crippen molar-refractivity contribution in [2.45, 2.75) is 32.9 Å². The SMILES string of the molecule is CCc1n[nH]c(CN2CCN(c3cccc(OC)c3)C(=O)C2C)n1. The number of amides is 1. The van der Waals surface area contributed by atoms with Gasteiger partial charge in [0.25, 0.3) is 0 Å². The van der Waals surface area contributed by atoms with Crippen LogP contribution in [0.25, 0.3) is 0 Å². The number of aromatic nitrogens is 3. The van der Waals surface area contributed by atoms with Crippen LogP contribution in [0.3, 0.4) is 0 Å². The van der Waals surface area contributed by atoms with E-state index in [4.69, 9.17) is 4.74 Å². The van der Waals surface area contributed by atoms with E-state index in [0.717, 1.165) is 36.1 Å². The quantitative estimate of drug-likeness (QED) is 0.902. The van der Waals surface area contributed by atoms with Crippen LogP contribution in [-0.2, 0) is 17.8 Å². The fourth-order valence-corrected chi connectivity index (χ4v) is 2.92. The van der Waals surface area contributed by atoms with Gasteiger partial charge in [0, 0.05) is 31.3 Å². The zero-order chi connectivity index (χ0) is 17.1. The highest BCUT2D eigenvalue weighted by atomic mass is 16.5. The standard InChI is InChI=1S/C17H23N5O2/c1-4-15-18-16(20-19-15)11-21-8-9-22(17(23)12(21)2)13-6-5-7-14(10-13)24-3/h5-7,10,12H,4,8-9,11H2,1-3H3,(H,18,19,20). The molecule has 1 fully saturated rings. The van der Waals surface area contributed by atoms with Gasteiger partial charge in [0.15, 0.2) is 0 Å². The highest BCUT2D eigenvalue weighted by Gasteiger charge is 2.32. The van der Waals surface area contributed by atoms with Crippen LogP contribution in [0.4, 0.5) is 5.69 Å². The van der Waals surface area contributed by atoms with Gasteiger partial charge < -0.3 is 9.64 Å². The first-order chi connectivity index (χ1) is 11.6. The Hall–Kier alpha value is -2.41. The fourth-order valence-electron chi connectivity index (χ4n) is 2.92. The molecule has 3 rings (SSSR count). The number of benzene rings is 1. The second-order valence-corrected chi connectivity index (χ2v) is 5.89. The number of hydrogen-bond donors (Lipinski definition) is 1. The zero-order valence-corrected chi connectivity index (χ0v) is 14.3. The summed E-state index contributed by atoms with van der Waals surface area (Å²) in [6.45, 7) is 5.99. The number of aromatic amines is 1. The zero-order valence-electron chi connectivity index (χ0n) is 14.3. The molecule has 1 aromatic heterocycles. The van der Waals surface area contributed by atoms with E-state index in [1.54, 1.807) is 7.11 Å². The fraction of sp³-hybridized carbons (Fsp3) is 0.471. The Bertz CT molecular complexity index is 715. The Kier molecular flexibility index (Phi) is 4.80. The topological polar surface area (TPSA) is 74.3 Å². The van der Waals surface area contributed by atoms with E-state index in [0.29, 0.717) is 13.1 Å². The van der Waals surface area contributed by atoms with Gasteiger partial charge in [-0.2, -0.15) is 5.10 Å². The summed E-state index contributed by atoms with van der Waals surface area (Å²) in [5.41, 5.74) is 0.874. The van der Waals surface area contributed by atoms with Crippen molar-refractivity contribution in [1.82, 2.24) is 20.1 Å². The number of ether oxygens (including phenoxy) is 1. The van der Waals surface area contributed by atoms with Crippen molar-refractivity contribution < 1.29 is 9.53 Å². The molecule has 0 aliphatic carbocycles. The molecule has 128 valence electrons. The molecular formula is C17H23N5O2. The number of methoxy groups -OCH3 is 1. The van der Waals surface area contributed by atoms with E-state index in [1.807, 2.05) is 43.0 Å². The first-order valence-electron chi connectivity index (χ1n) is 8.22. The molecule has 2 aromatic rings. The second kappa shape index (κ2) is 7.00. The minimum Gasteiger partial charge on any atom is -0.497 e. The number of nitrogens with zero attached hydrogens (tertiary/aromatic N) is 4. The molecule has 1 N–H and O–H groups in total. The number of carbonyl (C=O) groups is 1. The molecular weight excluding hydrogens is 306 g/mol. The van der Waals surface area contributed by atoms with Gasteiger partial charge in [-0.15, -0.1) is 0 Å². The van der Waals surface area contributed by atoms with Gasteiger partial charge in [-0.25, -0.2) is 4.98 Å². The van der Waals surface area contributed by atoms with E-state index >= 15 is 0 Å². The van der Waals surface area contributed by atoms with Crippen molar-refractivity contribution in [1.29, 1.82) is 0 Å². The van der Waals surface area contributed by atoms with Gasteiger partial charge in [0.05, 0.1) is 19.7 Å². The number of anilines is 1. The molecule has 2 heterocycles. The Morgan fingerprint density at radius 1 is 1.38 bits per heavy atom. The normalized spacial score (nSPS) is 18.9. The van der Waals surface area contributed by atoms with E-state index in [-0.39, 0.29) is 11.9 Å². The molecule has 1 unspecified atom stereocenters. The summed E-state index contributed by atoms with van der Waals surface area (Å²) < 4.78 is 5.25. The first kappa shape index (κ1) is 16.4. The molecule has 1 aromatic carbocycles. The van der Waals surface area contributed by atoms with Crippen LogP contribution in [0.1, 0.15) is 25.5 Å². The van der Waals surface area contributed by atoms with E-state index < -0.39 is 0 Å². The van der Waals surface area contributed by atoms with E-state index in [1.165, 1.54) is 0 Å². The molecule has 24 heavy (non-hydrogen) atoms. The lowest BCUT2D eigenvalue weighted by atomic mass is 10.1. The number of carbonyl (C=O) groups excluding carboxylic acids is 1. The molecule has 7 heteroatoms. The third-order valence-corrected chi connectivity index (χ3v) is 4.39. The molecule has 1 aliphatic heterocycles. The molecule has 7 nitrogen and oxygen atoms in total. The monoisotopic (exact) mass is 329 g/mol. The molecule has 1 amide bonds. The van der Waals surface area contributed by atoms with Gasteiger partial charge >= 0.3 is 0 Å². The van der Waals surface area contributed by atoms with Crippen LogP contribution in [0.15, 0.2) is 24.3 Å². The summed E-state index contributed by atoms with van der Waals surface area (Å²) in [4.78, 5) is 21.2. The molecule has 0 bridgehead atoms. The minimum atomic E-state index is -0.208. The summed E-state index contributed by atoms with van der Waals surface area (Å²) in [6, 6.07) is 7.40. The summed E-state index contributed by atoms with van der Waals surface area (Å²) in [6.07, 6.45) is 0.800. The van der Waals surface area contributed by atoms with Crippen LogP contribution in [0.5, 0.6) is 5.75 Å². The lowest BCUT2D eigenvalue weighted by molar-refractivity contribution is -0.125. The Morgan fingerprint density at radius 3 is 2.92 bits per heavy atom. The van der Waals surface area contributed by atoms with Crippen LogP contribution in [0.2, 0.25) is 0 Å². The molecule has 1 saturated heterocycles. The Labute approximate surface area is 141 Å². The maximum absolute atomic E-state index is 12.8. The molecule has 0 spiro atoms. The molecule has 0 saturated carbocycles.